The first-order chi connectivity index (χ1) is 8.70. The molecule has 0 saturated carbocycles. The van der Waals surface area contributed by atoms with Gasteiger partial charge in [0.15, 0.2) is 0 Å². The van der Waals surface area contributed by atoms with Crippen molar-refractivity contribution in [2.45, 2.75) is 26.3 Å². The Hall–Kier alpha value is -1.84. The van der Waals surface area contributed by atoms with Crippen molar-refractivity contribution >= 4 is 16.9 Å². The molecule has 1 aromatic heterocycles. The van der Waals surface area contributed by atoms with Crippen molar-refractivity contribution in [2.75, 3.05) is 6.61 Å². The molecule has 0 spiro atoms. The van der Waals surface area contributed by atoms with Gasteiger partial charge in [0.25, 0.3) is 0 Å². The van der Waals surface area contributed by atoms with Gasteiger partial charge in [0.2, 0.25) is 0 Å². The number of hydrogen-bond acceptors (Lipinski definition) is 2. The molecule has 1 aromatic carbocycles. The van der Waals surface area contributed by atoms with Gasteiger partial charge in [-0.25, -0.2) is 4.39 Å². The third kappa shape index (κ3) is 2.88. The summed E-state index contributed by atoms with van der Waals surface area (Å²) >= 11 is 0. The first kappa shape index (κ1) is 12.6. The number of aromatic nitrogens is 1. The SMILES string of the molecule is CCCCOC(=O)Cn1ccc2ccc(F)cc21. The minimum Gasteiger partial charge on any atom is -0.464 e. The van der Waals surface area contributed by atoms with Gasteiger partial charge in [0.1, 0.15) is 12.4 Å². The molecule has 3 nitrogen and oxygen atoms in total. The molecule has 0 aliphatic rings. The zero-order chi connectivity index (χ0) is 13.0. The summed E-state index contributed by atoms with van der Waals surface area (Å²) in [6, 6.07) is 6.39. The molecule has 4 heteroatoms. The highest BCUT2D eigenvalue weighted by Crippen LogP contribution is 2.17. The zero-order valence-electron chi connectivity index (χ0n) is 10.4. The normalized spacial score (nSPS) is 10.8. The van der Waals surface area contributed by atoms with Crippen LogP contribution in [0, 0.1) is 5.82 Å². The predicted molar refractivity (Wildman–Crippen MR) is 67.8 cm³/mol. The maximum absolute atomic E-state index is 13.2. The Morgan fingerprint density at radius 2 is 2.22 bits per heavy atom. The number of ether oxygens (including phenoxy) is 1. The number of carbonyl (C=O) groups is 1. The number of benzene rings is 1. The van der Waals surface area contributed by atoms with Crippen LogP contribution >= 0.6 is 0 Å². The molecule has 0 aliphatic carbocycles. The van der Waals surface area contributed by atoms with Crippen LogP contribution in [0.3, 0.4) is 0 Å². The van der Waals surface area contributed by atoms with Crippen molar-refractivity contribution < 1.29 is 13.9 Å². The lowest BCUT2D eigenvalue weighted by Gasteiger charge is -2.06. The van der Waals surface area contributed by atoms with E-state index in [9.17, 15) is 9.18 Å². The molecule has 18 heavy (non-hydrogen) atoms. The maximum atomic E-state index is 13.2. The van der Waals surface area contributed by atoms with Crippen molar-refractivity contribution in [1.29, 1.82) is 0 Å². The van der Waals surface area contributed by atoms with Gasteiger partial charge in [-0.05, 0) is 36.1 Å². The Morgan fingerprint density at radius 3 is 3.00 bits per heavy atom. The lowest BCUT2D eigenvalue weighted by molar-refractivity contribution is -0.144. The largest absolute Gasteiger partial charge is 0.464 e. The third-order valence-electron chi connectivity index (χ3n) is 2.80. The molecule has 96 valence electrons. The Labute approximate surface area is 105 Å². The van der Waals surface area contributed by atoms with Crippen molar-refractivity contribution in [1.82, 2.24) is 4.57 Å². The predicted octanol–water partition coefficient (Wildman–Crippen LogP) is 3.12. The average molecular weight is 249 g/mol. The highest BCUT2D eigenvalue weighted by molar-refractivity contribution is 5.82. The first-order valence-electron chi connectivity index (χ1n) is 6.10. The second-order valence-electron chi connectivity index (χ2n) is 4.22. The van der Waals surface area contributed by atoms with Crippen LogP contribution < -0.4 is 0 Å². The van der Waals surface area contributed by atoms with Gasteiger partial charge in [-0.2, -0.15) is 0 Å². The number of carbonyl (C=O) groups excluding carboxylic acids is 1. The molecule has 1 heterocycles. The van der Waals surface area contributed by atoms with E-state index in [0.29, 0.717) is 12.1 Å². The van der Waals surface area contributed by atoms with Crippen LogP contribution in [0.4, 0.5) is 4.39 Å². The van der Waals surface area contributed by atoms with Crippen LogP contribution in [0.1, 0.15) is 19.8 Å². The monoisotopic (exact) mass is 249 g/mol. The van der Waals surface area contributed by atoms with Crippen LogP contribution in [0.5, 0.6) is 0 Å². The lowest BCUT2D eigenvalue weighted by atomic mass is 10.2. The standard InChI is InChI=1S/C14H16FNO2/c1-2-3-8-18-14(17)10-16-7-6-11-4-5-12(15)9-13(11)16/h4-7,9H,2-3,8,10H2,1H3. The maximum Gasteiger partial charge on any atom is 0.325 e. The van der Waals surface area contributed by atoms with Crippen molar-refractivity contribution in [3.63, 3.8) is 0 Å². The quantitative estimate of drug-likeness (QED) is 0.602. The van der Waals surface area contributed by atoms with E-state index in [1.165, 1.54) is 12.1 Å². The Kier molecular flexibility index (Phi) is 3.97. The second-order valence-corrected chi connectivity index (χ2v) is 4.22. The van der Waals surface area contributed by atoms with Crippen molar-refractivity contribution in [2.24, 2.45) is 0 Å². The molecule has 2 aromatic rings. The first-order valence-corrected chi connectivity index (χ1v) is 6.10. The molecule has 0 aliphatic heterocycles. The number of fused-ring (bicyclic) bond motifs is 1. The minimum absolute atomic E-state index is 0.122. The van der Waals surface area contributed by atoms with Crippen molar-refractivity contribution in [3.8, 4) is 0 Å². The highest BCUT2D eigenvalue weighted by Gasteiger charge is 2.07. The van der Waals surface area contributed by atoms with E-state index in [1.54, 1.807) is 16.8 Å². The average Bonchev–Trinajstić information content (AvgIpc) is 2.72. The Balaban J connectivity index is 2.07. The van der Waals surface area contributed by atoms with E-state index >= 15 is 0 Å². The van der Waals surface area contributed by atoms with Gasteiger partial charge >= 0.3 is 5.97 Å². The number of esters is 1. The number of unbranched alkanes of at least 4 members (excludes halogenated alkanes) is 1. The topological polar surface area (TPSA) is 31.2 Å². The zero-order valence-corrected chi connectivity index (χ0v) is 10.4. The molecule has 0 N–H and O–H groups in total. The van der Waals surface area contributed by atoms with Crippen LogP contribution in [-0.4, -0.2) is 17.1 Å². The summed E-state index contributed by atoms with van der Waals surface area (Å²) in [6.07, 6.45) is 3.63. The fourth-order valence-electron chi connectivity index (χ4n) is 1.81. The van der Waals surface area contributed by atoms with E-state index in [0.717, 1.165) is 18.2 Å². The molecule has 0 amide bonds. The van der Waals surface area contributed by atoms with Crippen LogP contribution in [0.15, 0.2) is 30.5 Å². The third-order valence-corrected chi connectivity index (χ3v) is 2.80. The van der Waals surface area contributed by atoms with Gasteiger partial charge in [0.05, 0.1) is 12.1 Å². The highest BCUT2D eigenvalue weighted by atomic mass is 19.1. The molecule has 2 rings (SSSR count). The summed E-state index contributed by atoms with van der Waals surface area (Å²) in [7, 11) is 0. The molecule has 0 unspecified atom stereocenters. The number of rotatable bonds is 5. The molecular formula is C14H16FNO2. The van der Waals surface area contributed by atoms with Gasteiger partial charge in [0, 0.05) is 6.20 Å². The number of nitrogens with zero attached hydrogens (tertiary/aromatic N) is 1. The summed E-state index contributed by atoms with van der Waals surface area (Å²) < 4.78 is 19.9. The van der Waals surface area contributed by atoms with Crippen molar-refractivity contribution in [3.05, 3.63) is 36.3 Å². The molecule has 0 radical (unpaired) electrons. The van der Waals surface area contributed by atoms with Crippen LogP contribution in [-0.2, 0) is 16.1 Å². The summed E-state index contributed by atoms with van der Waals surface area (Å²) in [5, 5.41) is 0.915. The molecule has 0 bridgehead atoms. The summed E-state index contributed by atoms with van der Waals surface area (Å²) in [5.41, 5.74) is 0.711. The van der Waals surface area contributed by atoms with E-state index < -0.39 is 0 Å². The second kappa shape index (κ2) is 5.67. The lowest BCUT2D eigenvalue weighted by Crippen LogP contribution is -2.13. The fraction of sp³-hybridized carbons (Fsp3) is 0.357. The van der Waals surface area contributed by atoms with E-state index in [1.807, 2.05) is 13.0 Å². The molecular weight excluding hydrogens is 233 g/mol. The van der Waals surface area contributed by atoms with Gasteiger partial charge < -0.3 is 9.30 Å². The fourth-order valence-corrected chi connectivity index (χ4v) is 1.81. The van der Waals surface area contributed by atoms with Crippen LogP contribution in [0.25, 0.3) is 10.9 Å². The number of hydrogen-bond donors (Lipinski definition) is 0. The smallest absolute Gasteiger partial charge is 0.325 e. The Morgan fingerprint density at radius 1 is 1.39 bits per heavy atom. The summed E-state index contributed by atoms with van der Waals surface area (Å²) in [5.74, 6) is -0.591. The van der Waals surface area contributed by atoms with E-state index in [4.69, 9.17) is 4.74 Å². The van der Waals surface area contributed by atoms with Gasteiger partial charge in [-0.1, -0.05) is 13.3 Å². The number of halogens is 1. The van der Waals surface area contributed by atoms with Gasteiger partial charge in [-0.3, -0.25) is 4.79 Å². The molecule has 0 saturated heterocycles. The minimum atomic E-state index is -0.304. The Bertz CT molecular complexity index is 548. The summed E-state index contributed by atoms with van der Waals surface area (Å²) in [4.78, 5) is 11.6. The summed E-state index contributed by atoms with van der Waals surface area (Å²) in [6.45, 7) is 2.61. The van der Waals surface area contributed by atoms with E-state index in [-0.39, 0.29) is 18.3 Å². The molecule has 0 fully saturated rings. The van der Waals surface area contributed by atoms with E-state index in [2.05, 4.69) is 0 Å². The van der Waals surface area contributed by atoms with Crippen LogP contribution in [0.2, 0.25) is 0 Å². The van der Waals surface area contributed by atoms with Gasteiger partial charge in [-0.15, -0.1) is 0 Å². The molecule has 0 atom stereocenters.